The van der Waals surface area contributed by atoms with Crippen LogP contribution in [0.15, 0.2) is 60.7 Å². The first-order chi connectivity index (χ1) is 31.5. The second-order valence-corrected chi connectivity index (χ2v) is 13.9. The van der Waals surface area contributed by atoms with Crippen LogP contribution in [0.4, 0.5) is 0 Å². The molecule has 5 aromatic carbocycles. The maximum atomic E-state index is 13.9. The highest BCUT2D eigenvalue weighted by Crippen LogP contribution is 2.42. The quantitative estimate of drug-likeness (QED) is 0.0384. The molecular formula is C41H32O26. The molecule has 1 heterocycles. The number of phenolic OH excluding ortho intramolecular Hbond substituents is 14. The molecule has 26 heteroatoms. The molecule has 67 heavy (non-hydrogen) atoms. The maximum Gasteiger partial charge on any atom is 0.343 e. The zero-order valence-electron chi connectivity index (χ0n) is 33.1. The van der Waals surface area contributed by atoms with Crippen molar-refractivity contribution in [3.63, 3.8) is 0 Å². The van der Waals surface area contributed by atoms with Crippen LogP contribution in [0.25, 0.3) is 0 Å². The minimum atomic E-state index is -2.51. The first-order valence-electron chi connectivity index (χ1n) is 18.4. The molecule has 0 amide bonds. The van der Waals surface area contributed by atoms with Crippen molar-refractivity contribution in [2.45, 2.75) is 30.7 Å². The molecule has 1 aliphatic rings. The van der Waals surface area contributed by atoms with Gasteiger partial charge in [0, 0.05) is 0 Å². The number of hydrogen-bond acceptors (Lipinski definition) is 26. The van der Waals surface area contributed by atoms with Crippen LogP contribution in [0.3, 0.4) is 0 Å². The molecule has 0 saturated carbocycles. The van der Waals surface area contributed by atoms with Crippen LogP contribution in [0, 0.1) is 0 Å². The molecular weight excluding hydrogens is 908 g/mol. The van der Waals surface area contributed by atoms with Crippen LogP contribution in [-0.2, 0) is 23.7 Å². The fourth-order valence-electron chi connectivity index (χ4n) is 6.11. The van der Waals surface area contributed by atoms with E-state index in [2.05, 4.69) is 0 Å². The number of aliphatic hydroxyl groups is 1. The van der Waals surface area contributed by atoms with E-state index in [1.54, 1.807) is 0 Å². The Labute approximate surface area is 370 Å². The summed E-state index contributed by atoms with van der Waals surface area (Å²) in [5, 5.41) is 151. The van der Waals surface area contributed by atoms with Crippen molar-refractivity contribution in [2.24, 2.45) is 0 Å². The predicted molar refractivity (Wildman–Crippen MR) is 209 cm³/mol. The molecule has 0 aromatic heterocycles. The van der Waals surface area contributed by atoms with E-state index in [4.69, 9.17) is 28.4 Å². The molecule has 0 unspecified atom stereocenters. The van der Waals surface area contributed by atoms with Gasteiger partial charge >= 0.3 is 29.8 Å². The molecule has 1 aliphatic heterocycles. The lowest BCUT2D eigenvalue weighted by Gasteiger charge is -2.43. The molecule has 352 valence electrons. The SMILES string of the molecule is O=C(Oc1cc(C(=O)O[C@@H]2O[C@H](CO)[C@@H](OC(=O)c3cc(O)c(O)c(O)c3)[C@H](OC(=O)c3cc(O)c(O)c(O)c3)[C@H]2OC(=O)c2cc(O)c(O)c(O)c2)cc(O)c1O)c1cc(O)c(O)c(O)c1. The summed E-state index contributed by atoms with van der Waals surface area (Å²) < 4.78 is 32.6. The highest BCUT2D eigenvalue weighted by atomic mass is 16.7. The third-order valence-corrected chi connectivity index (χ3v) is 9.44. The van der Waals surface area contributed by atoms with Gasteiger partial charge in [0.1, 0.15) is 6.10 Å². The normalized spacial score (nSPS) is 17.7. The van der Waals surface area contributed by atoms with Crippen molar-refractivity contribution in [1.29, 1.82) is 0 Å². The molecule has 0 radical (unpaired) electrons. The highest BCUT2D eigenvalue weighted by Gasteiger charge is 2.54. The van der Waals surface area contributed by atoms with Gasteiger partial charge in [-0.1, -0.05) is 0 Å². The van der Waals surface area contributed by atoms with Crippen molar-refractivity contribution in [3.05, 3.63) is 88.5 Å². The first kappa shape index (κ1) is 47.1. The fourth-order valence-corrected chi connectivity index (χ4v) is 6.11. The Bertz CT molecular complexity index is 2740. The predicted octanol–water partition coefficient (Wildman–Crippen LogP) is 1.34. The molecule has 6 rings (SSSR count). The number of carbonyl (C=O) groups excluding carboxylic acids is 5. The Hall–Kier alpha value is -9.43. The molecule has 5 atom stereocenters. The summed E-state index contributed by atoms with van der Waals surface area (Å²) in [5.74, 6) is -24.1. The van der Waals surface area contributed by atoms with Crippen LogP contribution < -0.4 is 4.74 Å². The van der Waals surface area contributed by atoms with Gasteiger partial charge in [-0.15, -0.1) is 0 Å². The minimum Gasteiger partial charge on any atom is -0.504 e. The number of aromatic hydroxyl groups is 14. The smallest absolute Gasteiger partial charge is 0.343 e. The third-order valence-electron chi connectivity index (χ3n) is 9.44. The van der Waals surface area contributed by atoms with Gasteiger partial charge in [0.05, 0.1) is 34.4 Å². The number of phenols is 14. The molecule has 1 fully saturated rings. The minimum absolute atomic E-state index is 0.525. The van der Waals surface area contributed by atoms with E-state index in [9.17, 15) is 101 Å². The number of rotatable bonds is 11. The Morgan fingerprint density at radius 2 is 0.657 bits per heavy atom. The van der Waals surface area contributed by atoms with E-state index in [-0.39, 0.29) is 0 Å². The third kappa shape index (κ3) is 9.59. The Kier molecular flexibility index (Phi) is 12.9. The number of aliphatic hydroxyl groups excluding tert-OH is 1. The molecule has 1 saturated heterocycles. The van der Waals surface area contributed by atoms with Gasteiger partial charge in [0.2, 0.25) is 18.1 Å². The van der Waals surface area contributed by atoms with Crippen LogP contribution in [0.1, 0.15) is 51.8 Å². The molecule has 0 spiro atoms. The van der Waals surface area contributed by atoms with Crippen molar-refractivity contribution >= 4 is 29.8 Å². The van der Waals surface area contributed by atoms with E-state index in [0.717, 1.165) is 0 Å². The number of esters is 5. The highest BCUT2D eigenvalue weighted by molar-refractivity contribution is 5.96. The van der Waals surface area contributed by atoms with E-state index in [1.807, 2.05) is 0 Å². The molecule has 15 N–H and O–H groups in total. The Balaban J connectivity index is 1.44. The Morgan fingerprint density at radius 1 is 0.373 bits per heavy atom. The molecule has 26 nitrogen and oxygen atoms in total. The topological polar surface area (TPSA) is 444 Å². The van der Waals surface area contributed by atoms with Crippen LogP contribution in [-0.4, -0.2) is 144 Å². The average Bonchev–Trinajstić information content (AvgIpc) is 3.27. The number of hydrogen-bond donors (Lipinski definition) is 15. The van der Waals surface area contributed by atoms with E-state index < -0.39 is 181 Å². The van der Waals surface area contributed by atoms with Crippen molar-refractivity contribution in [1.82, 2.24) is 0 Å². The summed E-state index contributed by atoms with van der Waals surface area (Å²) in [4.78, 5) is 67.8. The van der Waals surface area contributed by atoms with Gasteiger partial charge in [-0.25, -0.2) is 24.0 Å². The molecule has 0 aliphatic carbocycles. The van der Waals surface area contributed by atoms with E-state index in [0.29, 0.717) is 60.7 Å². The largest absolute Gasteiger partial charge is 0.504 e. The second kappa shape index (κ2) is 18.3. The van der Waals surface area contributed by atoms with E-state index >= 15 is 0 Å². The second-order valence-electron chi connectivity index (χ2n) is 13.9. The van der Waals surface area contributed by atoms with Gasteiger partial charge < -0.3 is 105 Å². The van der Waals surface area contributed by atoms with Crippen LogP contribution >= 0.6 is 0 Å². The lowest BCUT2D eigenvalue weighted by atomic mass is 9.97. The maximum absolute atomic E-state index is 13.9. The standard InChI is InChI=1S/C41H32O26/c42-11-27-33(64-37(58)13-3-19(45)29(53)20(46)4-13)34(65-38(59)14-5-21(47)30(54)22(48)6-14)35(66-39(60)15-7-23(49)31(55)24(50)8-15)41(63-27)67-40(61)16-9-25(51)32(56)26(10-16)62-36(57)12-1-17(43)28(52)18(44)2-12/h1-10,27,33-35,41-56H,11H2/t27-,33-,34+,35-,41+/m1/s1. The first-order valence-corrected chi connectivity index (χ1v) is 18.4. The summed E-state index contributed by atoms with van der Waals surface area (Å²) in [6, 6.07) is 5.73. The van der Waals surface area contributed by atoms with Gasteiger partial charge in [0.15, 0.2) is 92.7 Å². The number of ether oxygens (including phenoxy) is 6. The lowest BCUT2D eigenvalue weighted by Crippen LogP contribution is -2.63. The fraction of sp³-hybridized carbons (Fsp3) is 0.146. The van der Waals surface area contributed by atoms with Gasteiger partial charge in [0.25, 0.3) is 0 Å². The zero-order chi connectivity index (χ0) is 49.3. The summed E-state index contributed by atoms with van der Waals surface area (Å²) in [7, 11) is 0. The monoisotopic (exact) mass is 940 g/mol. The molecule has 5 aromatic rings. The Morgan fingerprint density at radius 3 is 1.01 bits per heavy atom. The van der Waals surface area contributed by atoms with Crippen molar-refractivity contribution < 1.29 is 129 Å². The average molecular weight is 941 g/mol. The van der Waals surface area contributed by atoms with Gasteiger partial charge in [-0.2, -0.15) is 0 Å². The van der Waals surface area contributed by atoms with Gasteiger partial charge in [-0.05, 0) is 60.7 Å². The summed E-state index contributed by atoms with van der Waals surface area (Å²) in [6.07, 6.45) is -11.8. The summed E-state index contributed by atoms with van der Waals surface area (Å²) >= 11 is 0. The van der Waals surface area contributed by atoms with Crippen LogP contribution in [0.5, 0.6) is 86.2 Å². The van der Waals surface area contributed by atoms with Crippen LogP contribution in [0.2, 0.25) is 0 Å². The van der Waals surface area contributed by atoms with Crippen molar-refractivity contribution in [2.75, 3.05) is 6.61 Å². The zero-order valence-corrected chi connectivity index (χ0v) is 33.1. The number of carbonyl (C=O) groups is 5. The summed E-state index contributed by atoms with van der Waals surface area (Å²) in [6.45, 7) is -1.28. The number of benzene rings is 5. The van der Waals surface area contributed by atoms with Gasteiger partial charge in [-0.3, -0.25) is 0 Å². The van der Waals surface area contributed by atoms with E-state index in [1.165, 1.54) is 0 Å². The molecule has 0 bridgehead atoms. The van der Waals surface area contributed by atoms with Crippen molar-refractivity contribution in [3.8, 4) is 86.2 Å². The summed E-state index contributed by atoms with van der Waals surface area (Å²) in [5.41, 5.74) is -3.80. The lowest BCUT2D eigenvalue weighted by molar-refractivity contribution is -0.283.